The summed E-state index contributed by atoms with van der Waals surface area (Å²) in [6, 6.07) is 7.02. The third-order valence-corrected chi connectivity index (χ3v) is 3.59. The number of nitrogens with zero attached hydrogens (tertiary/aromatic N) is 1. The third kappa shape index (κ3) is 6.68. The fraction of sp³-hybridized carbons (Fsp3) is 0.556. The third-order valence-electron chi connectivity index (χ3n) is 3.59. The van der Waals surface area contributed by atoms with E-state index in [1.807, 2.05) is 31.1 Å². The molecule has 0 radical (unpaired) electrons. The molecule has 0 unspecified atom stereocenters. The van der Waals surface area contributed by atoms with Crippen molar-refractivity contribution in [1.82, 2.24) is 15.5 Å². The summed E-state index contributed by atoms with van der Waals surface area (Å²) < 4.78 is 0. The van der Waals surface area contributed by atoms with Crippen LogP contribution in [0.2, 0.25) is 0 Å². The van der Waals surface area contributed by atoms with Crippen molar-refractivity contribution in [2.45, 2.75) is 32.2 Å². The average Bonchev–Trinajstić information content (AvgIpc) is 2.50. The molecule has 1 aromatic rings. The van der Waals surface area contributed by atoms with Gasteiger partial charge in [-0.15, -0.1) is 0 Å². The molecular weight excluding hydrogens is 306 g/mol. The summed E-state index contributed by atoms with van der Waals surface area (Å²) in [5.41, 5.74) is 1.69. The van der Waals surface area contributed by atoms with E-state index in [1.165, 1.54) is 0 Å². The maximum Gasteiger partial charge on any atom is 0.251 e. The number of carbonyl (C=O) groups is 2. The smallest absolute Gasteiger partial charge is 0.251 e. The summed E-state index contributed by atoms with van der Waals surface area (Å²) in [5.74, 6) is -0.616. The van der Waals surface area contributed by atoms with Gasteiger partial charge in [-0.1, -0.05) is 32.9 Å². The van der Waals surface area contributed by atoms with E-state index in [0.29, 0.717) is 12.1 Å². The van der Waals surface area contributed by atoms with E-state index in [1.54, 1.807) is 12.1 Å². The first-order chi connectivity index (χ1) is 11.1. The molecule has 0 saturated heterocycles. The Balaban J connectivity index is 2.52. The topological polar surface area (TPSA) is 81.7 Å². The summed E-state index contributed by atoms with van der Waals surface area (Å²) in [4.78, 5) is 25.8. The highest BCUT2D eigenvalue weighted by atomic mass is 16.3. The molecule has 0 spiro atoms. The quantitative estimate of drug-likeness (QED) is 0.687. The van der Waals surface area contributed by atoms with Gasteiger partial charge in [0, 0.05) is 12.1 Å². The van der Waals surface area contributed by atoms with Crippen molar-refractivity contribution in [1.29, 1.82) is 0 Å². The van der Waals surface area contributed by atoms with Crippen molar-refractivity contribution in [3.8, 4) is 0 Å². The molecule has 0 saturated carbocycles. The van der Waals surface area contributed by atoms with Gasteiger partial charge in [-0.2, -0.15) is 0 Å². The monoisotopic (exact) mass is 335 g/mol. The summed E-state index contributed by atoms with van der Waals surface area (Å²) >= 11 is 0. The predicted octanol–water partition coefficient (Wildman–Crippen LogP) is 0.753. The highest BCUT2D eigenvalue weighted by Gasteiger charge is 2.16. The van der Waals surface area contributed by atoms with Gasteiger partial charge in [-0.25, -0.2) is 0 Å². The van der Waals surface area contributed by atoms with Gasteiger partial charge in [0.25, 0.3) is 5.91 Å². The van der Waals surface area contributed by atoms with Crippen molar-refractivity contribution < 1.29 is 14.7 Å². The fourth-order valence-electron chi connectivity index (χ4n) is 2.25. The van der Waals surface area contributed by atoms with Crippen LogP contribution >= 0.6 is 0 Å². The molecule has 2 amide bonds. The van der Waals surface area contributed by atoms with Crippen LogP contribution in [0.15, 0.2) is 24.3 Å². The minimum atomic E-state index is -0.351. The number of rotatable bonds is 7. The number of hydrogen-bond donors (Lipinski definition) is 3. The van der Waals surface area contributed by atoms with E-state index in [-0.39, 0.29) is 36.4 Å². The highest BCUT2D eigenvalue weighted by Crippen LogP contribution is 2.22. The van der Waals surface area contributed by atoms with Gasteiger partial charge in [0.2, 0.25) is 5.91 Å². The number of nitrogens with one attached hydrogen (secondary N) is 2. The Hall–Kier alpha value is -1.92. The summed E-state index contributed by atoms with van der Waals surface area (Å²) in [7, 11) is 3.72. The van der Waals surface area contributed by atoms with Crippen LogP contribution in [0.3, 0.4) is 0 Å². The van der Waals surface area contributed by atoms with Crippen molar-refractivity contribution in [2.75, 3.05) is 33.8 Å². The average molecular weight is 335 g/mol. The standard InChI is InChI=1S/C18H29N3O3/c1-18(2,3)14-8-6-13(7-9-14)17(24)19-10-16(23)20-15(12-22)11-21(4)5/h6-9,15,22H,10-12H2,1-5H3,(H,19,24)(H,20,23)/t15-/m1/s1. The lowest BCUT2D eigenvalue weighted by Gasteiger charge is -2.20. The zero-order chi connectivity index (χ0) is 18.3. The van der Waals surface area contributed by atoms with Gasteiger partial charge < -0.3 is 20.6 Å². The van der Waals surface area contributed by atoms with E-state index in [0.717, 1.165) is 5.56 Å². The Morgan fingerprint density at radius 3 is 2.21 bits per heavy atom. The molecule has 0 aliphatic heterocycles. The minimum absolute atomic E-state index is 0.0284. The van der Waals surface area contributed by atoms with Crippen LogP contribution in [0.1, 0.15) is 36.7 Å². The van der Waals surface area contributed by atoms with Crippen molar-refractivity contribution in [2.24, 2.45) is 0 Å². The summed E-state index contributed by atoms with van der Waals surface area (Å²) in [6.45, 7) is 6.59. The molecule has 0 heterocycles. The number of aliphatic hydroxyl groups is 1. The molecule has 0 fully saturated rings. The SMILES string of the molecule is CN(C)C[C@H](CO)NC(=O)CNC(=O)c1ccc(C(C)(C)C)cc1. The Kier molecular flexibility index (Phi) is 7.38. The van der Waals surface area contributed by atoms with E-state index >= 15 is 0 Å². The van der Waals surface area contributed by atoms with E-state index < -0.39 is 0 Å². The number of amides is 2. The fourth-order valence-corrected chi connectivity index (χ4v) is 2.25. The number of hydrogen-bond acceptors (Lipinski definition) is 4. The van der Waals surface area contributed by atoms with Crippen LogP contribution < -0.4 is 10.6 Å². The van der Waals surface area contributed by atoms with Crippen LogP contribution in [0.5, 0.6) is 0 Å². The first-order valence-corrected chi connectivity index (χ1v) is 8.07. The van der Waals surface area contributed by atoms with Gasteiger partial charge in [-0.05, 0) is 37.2 Å². The predicted molar refractivity (Wildman–Crippen MR) is 95.0 cm³/mol. The number of likely N-dealkylation sites (N-methyl/N-ethyl adjacent to an activating group) is 1. The van der Waals surface area contributed by atoms with Crippen LogP contribution in [-0.4, -0.2) is 61.7 Å². The Bertz CT molecular complexity index is 548. The van der Waals surface area contributed by atoms with Gasteiger partial charge in [0.1, 0.15) is 0 Å². The van der Waals surface area contributed by atoms with Crippen LogP contribution in [0.25, 0.3) is 0 Å². The number of benzene rings is 1. The Morgan fingerprint density at radius 2 is 1.75 bits per heavy atom. The van der Waals surface area contributed by atoms with Gasteiger partial charge >= 0.3 is 0 Å². The molecule has 6 nitrogen and oxygen atoms in total. The molecular formula is C18H29N3O3. The lowest BCUT2D eigenvalue weighted by molar-refractivity contribution is -0.121. The largest absolute Gasteiger partial charge is 0.394 e. The summed E-state index contributed by atoms with van der Waals surface area (Å²) in [5, 5.41) is 14.5. The molecule has 1 aromatic carbocycles. The lowest BCUT2D eigenvalue weighted by atomic mass is 9.87. The zero-order valence-corrected chi connectivity index (χ0v) is 15.2. The molecule has 0 aliphatic rings. The molecule has 3 N–H and O–H groups in total. The second-order valence-corrected chi connectivity index (χ2v) is 7.22. The number of carbonyl (C=O) groups excluding carboxylic acids is 2. The molecule has 6 heteroatoms. The van der Waals surface area contributed by atoms with E-state index in [4.69, 9.17) is 0 Å². The normalized spacial score (nSPS) is 12.8. The van der Waals surface area contributed by atoms with Crippen molar-refractivity contribution in [3.63, 3.8) is 0 Å². The van der Waals surface area contributed by atoms with Crippen molar-refractivity contribution in [3.05, 3.63) is 35.4 Å². The molecule has 1 atom stereocenters. The second kappa shape index (κ2) is 8.80. The summed E-state index contributed by atoms with van der Waals surface area (Å²) in [6.07, 6.45) is 0. The van der Waals surface area contributed by atoms with Crippen LogP contribution in [-0.2, 0) is 10.2 Å². The first-order valence-electron chi connectivity index (χ1n) is 8.07. The first kappa shape index (κ1) is 20.1. The maximum absolute atomic E-state index is 12.1. The molecule has 0 aromatic heterocycles. The Morgan fingerprint density at radius 1 is 1.17 bits per heavy atom. The van der Waals surface area contributed by atoms with Gasteiger partial charge in [0.15, 0.2) is 0 Å². The molecule has 0 bridgehead atoms. The Labute approximate surface area is 144 Å². The van der Waals surface area contributed by atoms with Crippen LogP contribution in [0.4, 0.5) is 0 Å². The zero-order valence-electron chi connectivity index (χ0n) is 15.2. The van der Waals surface area contributed by atoms with Crippen LogP contribution in [0, 0.1) is 0 Å². The van der Waals surface area contributed by atoms with E-state index in [9.17, 15) is 14.7 Å². The lowest BCUT2D eigenvalue weighted by Crippen LogP contribution is -2.47. The van der Waals surface area contributed by atoms with E-state index in [2.05, 4.69) is 31.4 Å². The second-order valence-electron chi connectivity index (χ2n) is 7.22. The van der Waals surface area contributed by atoms with Gasteiger partial charge in [0.05, 0.1) is 19.2 Å². The number of aliphatic hydroxyl groups excluding tert-OH is 1. The maximum atomic E-state index is 12.1. The molecule has 1 rings (SSSR count). The van der Waals surface area contributed by atoms with Gasteiger partial charge in [-0.3, -0.25) is 9.59 Å². The minimum Gasteiger partial charge on any atom is -0.394 e. The molecule has 0 aliphatic carbocycles. The molecule has 134 valence electrons. The highest BCUT2D eigenvalue weighted by molar-refractivity contribution is 5.96. The van der Waals surface area contributed by atoms with Crippen molar-refractivity contribution >= 4 is 11.8 Å². The molecule has 24 heavy (non-hydrogen) atoms.